The quantitative estimate of drug-likeness (QED) is 0.205. The largest absolute Gasteiger partial charge is 0.497 e. The van der Waals surface area contributed by atoms with Crippen molar-refractivity contribution in [1.29, 1.82) is 0 Å². The van der Waals surface area contributed by atoms with Crippen molar-refractivity contribution in [2.45, 2.75) is 19.3 Å². The molecule has 2 aromatic carbocycles. The lowest BCUT2D eigenvalue weighted by molar-refractivity contribution is 0.253. The highest BCUT2D eigenvalue weighted by Crippen LogP contribution is 2.15. The predicted molar refractivity (Wildman–Crippen MR) is 146 cm³/mol. The van der Waals surface area contributed by atoms with Crippen LogP contribution in [0.1, 0.15) is 18.4 Å². The molecule has 2 N–H and O–H groups in total. The van der Waals surface area contributed by atoms with Gasteiger partial charge in [-0.2, -0.15) is 0 Å². The summed E-state index contributed by atoms with van der Waals surface area (Å²) < 4.78 is 5.21. The number of benzene rings is 2. The third-order valence-electron chi connectivity index (χ3n) is 5.78. The number of guanidine groups is 1. The summed E-state index contributed by atoms with van der Waals surface area (Å²) in [5, 5.41) is 6.83. The molecule has 176 valence electrons. The van der Waals surface area contributed by atoms with Crippen molar-refractivity contribution >= 4 is 35.6 Å². The Hall–Kier alpha value is -2.00. The molecule has 1 heterocycles. The van der Waals surface area contributed by atoms with Gasteiger partial charge in [-0.1, -0.05) is 30.3 Å². The van der Waals surface area contributed by atoms with E-state index in [9.17, 15) is 0 Å². The number of methoxy groups -OCH3 is 1. The van der Waals surface area contributed by atoms with Gasteiger partial charge in [-0.15, -0.1) is 24.0 Å². The van der Waals surface area contributed by atoms with Crippen molar-refractivity contribution in [2.24, 2.45) is 4.99 Å². The summed E-state index contributed by atoms with van der Waals surface area (Å²) in [5.74, 6) is 1.78. The van der Waals surface area contributed by atoms with Crippen LogP contribution in [-0.4, -0.2) is 70.8 Å². The van der Waals surface area contributed by atoms with E-state index < -0.39 is 0 Å². The third kappa shape index (κ3) is 8.86. The summed E-state index contributed by atoms with van der Waals surface area (Å²) in [7, 11) is 3.52. The lowest BCUT2D eigenvalue weighted by atomic mass is 10.1. The Morgan fingerprint density at radius 3 is 2.25 bits per heavy atom. The first kappa shape index (κ1) is 26.3. The van der Waals surface area contributed by atoms with E-state index in [-0.39, 0.29) is 24.0 Å². The highest BCUT2D eigenvalue weighted by molar-refractivity contribution is 14.0. The van der Waals surface area contributed by atoms with E-state index >= 15 is 0 Å². The molecule has 6 nitrogen and oxygen atoms in total. The molecule has 0 unspecified atom stereocenters. The van der Waals surface area contributed by atoms with Gasteiger partial charge in [0.1, 0.15) is 5.75 Å². The molecule has 1 aliphatic rings. The fourth-order valence-electron chi connectivity index (χ4n) is 3.87. The maximum atomic E-state index is 5.21. The standard InChI is InChI=1S/C25H37N5O.HI/c1-26-25(28-16-14-22-10-12-24(31-2)13-11-22)27-15-6-7-17-29-18-20-30(21-19-29)23-8-4-3-5-9-23;/h3-5,8-13H,6-7,14-21H2,1-2H3,(H2,26,27,28);1H. The second kappa shape index (κ2) is 14.9. The Bertz CT molecular complexity index is 777. The number of nitrogens with one attached hydrogen (secondary N) is 2. The number of aliphatic imine (C=N–C) groups is 1. The Balaban J connectivity index is 0.00000363. The summed E-state index contributed by atoms with van der Waals surface area (Å²) in [5.41, 5.74) is 2.63. The van der Waals surface area contributed by atoms with Crippen LogP contribution in [0.2, 0.25) is 0 Å². The smallest absolute Gasteiger partial charge is 0.190 e. The lowest BCUT2D eigenvalue weighted by Gasteiger charge is -2.36. The Morgan fingerprint density at radius 1 is 0.906 bits per heavy atom. The molecule has 1 aliphatic heterocycles. The molecule has 0 radical (unpaired) electrons. The second-order valence-corrected chi connectivity index (χ2v) is 7.90. The zero-order valence-electron chi connectivity index (χ0n) is 19.4. The topological polar surface area (TPSA) is 52.1 Å². The van der Waals surface area contributed by atoms with Gasteiger partial charge in [-0.3, -0.25) is 9.89 Å². The van der Waals surface area contributed by atoms with Crippen molar-refractivity contribution in [1.82, 2.24) is 15.5 Å². The van der Waals surface area contributed by atoms with E-state index in [1.807, 2.05) is 19.2 Å². The first-order chi connectivity index (χ1) is 15.3. The molecule has 0 atom stereocenters. The summed E-state index contributed by atoms with van der Waals surface area (Å²) in [6, 6.07) is 19.0. The number of hydrogen-bond acceptors (Lipinski definition) is 4. The van der Waals surface area contributed by atoms with Crippen LogP contribution in [-0.2, 0) is 6.42 Å². The van der Waals surface area contributed by atoms with Crippen molar-refractivity contribution in [3.8, 4) is 5.75 Å². The number of para-hydroxylation sites is 1. The van der Waals surface area contributed by atoms with Gasteiger partial charge < -0.3 is 20.3 Å². The number of halogens is 1. The number of rotatable bonds is 10. The van der Waals surface area contributed by atoms with Crippen LogP contribution in [0.25, 0.3) is 0 Å². The molecule has 0 bridgehead atoms. The van der Waals surface area contributed by atoms with Gasteiger partial charge in [0.2, 0.25) is 0 Å². The highest BCUT2D eigenvalue weighted by atomic mass is 127. The average Bonchev–Trinajstić information content (AvgIpc) is 2.84. The molecule has 32 heavy (non-hydrogen) atoms. The van der Waals surface area contributed by atoms with E-state index in [0.29, 0.717) is 0 Å². The minimum atomic E-state index is 0. The van der Waals surface area contributed by atoms with Gasteiger partial charge in [-0.05, 0) is 55.6 Å². The van der Waals surface area contributed by atoms with E-state index in [0.717, 1.165) is 63.8 Å². The fraction of sp³-hybridized carbons (Fsp3) is 0.480. The number of nitrogens with zero attached hydrogens (tertiary/aromatic N) is 3. The first-order valence-corrected chi connectivity index (χ1v) is 11.4. The van der Waals surface area contributed by atoms with E-state index in [4.69, 9.17) is 4.74 Å². The molecule has 7 heteroatoms. The van der Waals surface area contributed by atoms with E-state index in [2.05, 4.69) is 67.9 Å². The van der Waals surface area contributed by atoms with Gasteiger partial charge >= 0.3 is 0 Å². The molecule has 0 spiro atoms. The number of anilines is 1. The van der Waals surface area contributed by atoms with Gasteiger partial charge in [0.25, 0.3) is 0 Å². The Morgan fingerprint density at radius 2 is 1.59 bits per heavy atom. The predicted octanol–water partition coefficient (Wildman–Crippen LogP) is 3.62. The van der Waals surface area contributed by atoms with Crippen LogP contribution in [0.5, 0.6) is 5.75 Å². The van der Waals surface area contributed by atoms with Crippen LogP contribution in [0.15, 0.2) is 59.6 Å². The van der Waals surface area contributed by atoms with Crippen molar-refractivity contribution in [3.63, 3.8) is 0 Å². The minimum absolute atomic E-state index is 0. The molecule has 3 rings (SSSR count). The monoisotopic (exact) mass is 551 g/mol. The molecule has 0 aromatic heterocycles. The molecule has 0 aliphatic carbocycles. The van der Waals surface area contributed by atoms with Crippen molar-refractivity contribution in [2.75, 3.05) is 64.9 Å². The molecular weight excluding hydrogens is 513 g/mol. The number of hydrogen-bond donors (Lipinski definition) is 2. The van der Waals surface area contributed by atoms with Crippen LogP contribution in [0.4, 0.5) is 5.69 Å². The third-order valence-corrected chi connectivity index (χ3v) is 5.78. The summed E-state index contributed by atoms with van der Waals surface area (Å²) in [6.45, 7) is 7.52. The zero-order valence-corrected chi connectivity index (χ0v) is 21.8. The summed E-state index contributed by atoms with van der Waals surface area (Å²) >= 11 is 0. The molecule has 0 amide bonds. The number of unbranched alkanes of at least 4 members (excludes halogenated alkanes) is 1. The average molecular weight is 552 g/mol. The van der Waals surface area contributed by atoms with Crippen LogP contribution < -0.4 is 20.3 Å². The van der Waals surface area contributed by atoms with Crippen LogP contribution in [0.3, 0.4) is 0 Å². The van der Waals surface area contributed by atoms with Gasteiger partial charge in [0.05, 0.1) is 7.11 Å². The zero-order chi connectivity index (χ0) is 21.7. The van der Waals surface area contributed by atoms with Crippen molar-refractivity contribution in [3.05, 3.63) is 60.2 Å². The van der Waals surface area contributed by atoms with E-state index in [1.54, 1.807) is 7.11 Å². The first-order valence-electron chi connectivity index (χ1n) is 11.4. The summed E-state index contributed by atoms with van der Waals surface area (Å²) in [6.07, 6.45) is 3.32. The number of ether oxygens (including phenoxy) is 1. The maximum Gasteiger partial charge on any atom is 0.190 e. The normalized spacial score (nSPS) is 14.6. The van der Waals surface area contributed by atoms with Gasteiger partial charge in [0, 0.05) is 52.0 Å². The maximum absolute atomic E-state index is 5.21. The molecule has 1 saturated heterocycles. The lowest BCUT2D eigenvalue weighted by Crippen LogP contribution is -2.46. The molecular formula is C25H38IN5O. The van der Waals surface area contributed by atoms with Crippen molar-refractivity contribution < 1.29 is 4.74 Å². The molecule has 1 fully saturated rings. The SMILES string of the molecule is CN=C(NCCCCN1CCN(c2ccccc2)CC1)NCCc1ccc(OC)cc1.I. The Kier molecular flexibility index (Phi) is 12.3. The number of piperazine rings is 1. The molecule has 0 saturated carbocycles. The second-order valence-electron chi connectivity index (χ2n) is 7.90. The van der Waals surface area contributed by atoms with Gasteiger partial charge in [-0.25, -0.2) is 0 Å². The molecule has 2 aromatic rings. The minimum Gasteiger partial charge on any atom is -0.497 e. The Labute approximate surface area is 210 Å². The fourth-order valence-corrected chi connectivity index (χ4v) is 3.87. The summed E-state index contributed by atoms with van der Waals surface area (Å²) in [4.78, 5) is 9.40. The highest BCUT2D eigenvalue weighted by Gasteiger charge is 2.16. The van der Waals surface area contributed by atoms with Gasteiger partial charge in [0.15, 0.2) is 5.96 Å². The van der Waals surface area contributed by atoms with E-state index in [1.165, 1.54) is 24.2 Å². The van der Waals surface area contributed by atoms with Crippen LogP contribution >= 0.6 is 24.0 Å². The van der Waals surface area contributed by atoms with Crippen LogP contribution in [0, 0.1) is 0 Å².